The van der Waals surface area contributed by atoms with E-state index in [9.17, 15) is 0 Å². The summed E-state index contributed by atoms with van der Waals surface area (Å²) >= 11 is 0. The van der Waals surface area contributed by atoms with Crippen LogP contribution >= 0.6 is 0 Å². The lowest BCUT2D eigenvalue weighted by Gasteiger charge is -2.51. The van der Waals surface area contributed by atoms with Crippen LogP contribution in [0.2, 0.25) is 0 Å². The fourth-order valence-electron chi connectivity index (χ4n) is 4.04. The zero-order valence-electron chi connectivity index (χ0n) is 14.1. The molecular weight excluding hydrogens is 268 g/mol. The summed E-state index contributed by atoms with van der Waals surface area (Å²) in [6.07, 6.45) is 10.5. The van der Waals surface area contributed by atoms with Crippen molar-refractivity contribution < 1.29 is 4.74 Å². The van der Waals surface area contributed by atoms with Crippen molar-refractivity contribution in [1.82, 2.24) is 0 Å². The average molecular weight is 296 g/mol. The van der Waals surface area contributed by atoms with Gasteiger partial charge in [-0.1, -0.05) is 32.1 Å². The molecular formula is C21H28O. The molecule has 118 valence electrons. The second kappa shape index (κ2) is 6.37. The van der Waals surface area contributed by atoms with Crippen molar-refractivity contribution in [2.75, 3.05) is 6.61 Å². The Morgan fingerprint density at radius 1 is 0.955 bits per heavy atom. The first-order valence-electron chi connectivity index (χ1n) is 8.95. The van der Waals surface area contributed by atoms with E-state index in [4.69, 9.17) is 4.74 Å². The Labute approximate surface area is 135 Å². The molecule has 3 fully saturated rings. The predicted molar refractivity (Wildman–Crippen MR) is 92.0 cm³/mol. The van der Waals surface area contributed by atoms with E-state index in [1.165, 1.54) is 44.9 Å². The Morgan fingerprint density at radius 2 is 1.59 bits per heavy atom. The molecule has 4 rings (SSSR count). The van der Waals surface area contributed by atoms with Crippen molar-refractivity contribution >= 4 is 0 Å². The average Bonchev–Trinajstić information content (AvgIpc) is 2.61. The Hall–Kier alpha value is -1.42. The smallest absolute Gasteiger partial charge is 0.119 e. The van der Waals surface area contributed by atoms with Crippen LogP contribution in [0, 0.1) is 22.7 Å². The van der Waals surface area contributed by atoms with Gasteiger partial charge in [-0.25, -0.2) is 0 Å². The minimum Gasteiger partial charge on any atom is -0.494 e. The third-order valence-corrected chi connectivity index (χ3v) is 5.95. The van der Waals surface area contributed by atoms with Crippen molar-refractivity contribution in [1.29, 1.82) is 0 Å². The van der Waals surface area contributed by atoms with Crippen molar-refractivity contribution in [2.24, 2.45) is 10.8 Å². The molecule has 0 unspecified atom stereocenters. The SMILES string of the molecule is CCCOc1ccc(C#CC23CCC(CC)(CC2)CC3)cc1. The first-order valence-corrected chi connectivity index (χ1v) is 8.95. The summed E-state index contributed by atoms with van der Waals surface area (Å²) in [6.45, 7) is 5.28. The van der Waals surface area contributed by atoms with E-state index in [1.807, 2.05) is 12.1 Å². The molecule has 0 saturated heterocycles. The first-order chi connectivity index (χ1) is 10.7. The van der Waals surface area contributed by atoms with Gasteiger partial charge < -0.3 is 4.74 Å². The van der Waals surface area contributed by atoms with Crippen LogP contribution in [-0.4, -0.2) is 6.61 Å². The fourth-order valence-corrected chi connectivity index (χ4v) is 4.04. The molecule has 1 aromatic carbocycles. The number of benzene rings is 1. The van der Waals surface area contributed by atoms with Gasteiger partial charge in [-0.05, 0) is 74.6 Å². The largest absolute Gasteiger partial charge is 0.494 e. The Bertz CT molecular complexity index is 533. The highest BCUT2D eigenvalue weighted by Gasteiger charge is 2.46. The van der Waals surface area contributed by atoms with E-state index >= 15 is 0 Å². The molecule has 0 heterocycles. The zero-order valence-corrected chi connectivity index (χ0v) is 14.1. The monoisotopic (exact) mass is 296 g/mol. The highest BCUT2D eigenvalue weighted by molar-refractivity contribution is 5.39. The summed E-state index contributed by atoms with van der Waals surface area (Å²) in [6, 6.07) is 8.27. The van der Waals surface area contributed by atoms with E-state index in [-0.39, 0.29) is 0 Å². The maximum absolute atomic E-state index is 5.63. The molecule has 0 spiro atoms. The molecule has 0 N–H and O–H groups in total. The third kappa shape index (κ3) is 3.17. The molecule has 0 radical (unpaired) electrons. The van der Waals surface area contributed by atoms with Gasteiger partial charge in [0.1, 0.15) is 5.75 Å². The van der Waals surface area contributed by atoms with Crippen LogP contribution < -0.4 is 4.74 Å². The van der Waals surface area contributed by atoms with Crippen molar-refractivity contribution in [3.8, 4) is 17.6 Å². The van der Waals surface area contributed by atoms with Gasteiger partial charge in [0.25, 0.3) is 0 Å². The second-order valence-corrected chi connectivity index (χ2v) is 7.26. The molecule has 1 heteroatoms. The molecule has 1 aromatic rings. The maximum atomic E-state index is 5.63. The van der Waals surface area contributed by atoms with Gasteiger partial charge >= 0.3 is 0 Å². The van der Waals surface area contributed by atoms with Gasteiger partial charge in [-0.3, -0.25) is 0 Å². The number of hydrogen-bond donors (Lipinski definition) is 0. The van der Waals surface area contributed by atoms with E-state index in [2.05, 4.69) is 37.8 Å². The lowest BCUT2D eigenvalue weighted by Crippen LogP contribution is -2.40. The Kier molecular flexibility index (Phi) is 4.48. The van der Waals surface area contributed by atoms with Gasteiger partial charge in [0, 0.05) is 11.0 Å². The summed E-state index contributed by atoms with van der Waals surface area (Å²) in [5, 5.41) is 0. The second-order valence-electron chi connectivity index (χ2n) is 7.26. The van der Waals surface area contributed by atoms with E-state index < -0.39 is 0 Å². The predicted octanol–water partition coefficient (Wildman–Crippen LogP) is 5.58. The van der Waals surface area contributed by atoms with Crippen LogP contribution in [0.4, 0.5) is 0 Å². The Balaban J connectivity index is 1.66. The Morgan fingerprint density at radius 3 is 2.14 bits per heavy atom. The zero-order chi connectivity index (χ0) is 15.5. The number of fused-ring (bicyclic) bond motifs is 3. The number of hydrogen-bond acceptors (Lipinski definition) is 1. The number of ether oxygens (including phenoxy) is 1. The summed E-state index contributed by atoms with van der Waals surface area (Å²) < 4.78 is 5.63. The van der Waals surface area contributed by atoms with Gasteiger partial charge in [0.05, 0.1) is 6.61 Å². The quantitative estimate of drug-likeness (QED) is 0.659. The highest BCUT2D eigenvalue weighted by atomic mass is 16.5. The topological polar surface area (TPSA) is 9.23 Å². The molecule has 1 nitrogen and oxygen atoms in total. The van der Waals surface area contributed by atoms with Crippen molar-refractivity contribution in [3.63, 3.8) is 0 Å². The van der Waals surface area contributed by atoms with Gasteiger partial charge in [0.2, 0.25) is 0 Å². The lowest BCUT2D eigenvalue weighted by atomic mass is 9.53. The van der Waals surface area contributed by atoms with E-state index in [1.54, 1.807) is 0 Å². The standard InChI is InChI=1S/C21H28O/c1-3-17-22-19-7-5-18(6-8-19)9-10-21-14-11-20(4-2,12-15-21)13-16-21/h5-8H,3-4,11-17H2,1-2H3. The van der Waals surface area contributed by atoms with E-state index in [0.29, 0.717) is 10.8 Å². The van der Waals surface area contributed by atoms with Crippen molar-refractivity contribution in [3.05, 3.63) is 29.8 Å². The lowest BCUT2D eigenvalue weighted by molar-refractivity contribution is 0.0243. The molecule has 0 aliphatic heterocycles. The first kappa shape index (κ1) is 15.5. The van der Waals surface area contributed by atoms with Crippen LogP contribution in [0.5, 0.6) is 5.75 Å². The molecule has 0 amide bonds. The van der Waals surface area contributed by atoms with Crippen molar-refractivity contribution in [2.45, 2.75) is 65.2 Å². The van der Waals surface area contributed by atoms with E-state index in [0.717, 1.165) is 24.3 Å². The molecule has 3 aliphatic rings. The summed E-state index contributed by atoms with van der Waals surface area (Å²) in [7, 11) is 0. The van der Waals surface area contributed by atoms with Crippen LogP contribution in [0.1, 0.15) is 70.8 Å². The van der Waals surface area contributed by atoms with Gasteiger partial charge in [0.15, 0.2) is 0 Å². The van der Waals surface area contributed by atoms with Gasteiger partial charge in [-0.2, -0.15) is 0 Å². The minimum absolute atomic E-state index is 0.314. The molecule has 2 bridgehead atoms. The molecule has 0 aromatic heterocycles. The van der Waals surface area contributed by atoms with Gasteiger partial charge in [-0.15, -0.1) is 0 Å². The normalized spacial score (nSPS) is 29.7. The summed E-state index contributed by atoms with van der Waals surface area (Å²) in [5.74, 6) is 8.04. The van der Waals surface area contributed by atoms with Crippen LogP contribution in [-0.2, 0) is 0 Å². The summed E-state index contributed by atoms with van der Waals surface area (Å²) in [5.41, 5.74) is 2.10. The maximum Gasteiger partial charge on any atom is 0.119 e. The summed E-state index contributed by atoms with van der Waals surface area (Å²) in [4.78, 5) is 0. The number of rotatable bonds is 4. The van der Waals surface area contributed by atoms with Crippen LogP contribution in [0.15, 0.2) is 24.3 Å². The molecule has 3 saturated carbocycles. The molecule has 22 heavy (non-hydrogen) atoms. The highest BCUT2D eigenvalue weighted by Crippen LogP contribution is 2.57. The van der Waals surface area contributed by atoms with Crippen LogP contribution in [0.25, 0.3) is 0 Å². The molecule has 0 atom stereocenters. The third-order valence-electron chi connectivity index (χ3n) is 5.95. The fraction of sp³-hybridized carbons (Fsp3) is 0.619. The van der Waals surface area contributed by atoms with Crippen LogP contribution in [0.3, 0.4) is 0 Å². The molecule has 3 aliphatic carbocycles. The minimum atomic E-state index is 0.314.